The second-order valence-electron chi connectivity index (χ2n) is 5.15. The van der Waals surface area contributed by atoms with Crippen LogP contribution in [0.4, 0.5) is 0 Å². The van der Waals surface area contributed by atoms with Crippen molar-refractivity contribution in [2.24, 2.45) is 0 Å². The van der Waals surface area contributed by atoms with Gasteiger partial charge in [-0.15, -0.1) is 5.06 Å². The fourth-order valence-electron chi connectivity index (χ4n) is 1.77. The van der Waals surface area contributed by atoms with Gasteiger partial charge in [-0.3, -0.25) is 19.2 Å². The highest BCUT2D eigenvalue weighted by molar-refractivity contribution is 6.01. The van der Waals surface area contributed by atoms with Gasteiger partial charge in [-0.1, -0.05) is 18.2 Å². The first-order valence-corrected chi connectivity index (χ1v) is 7.69. The molecule has 1 aliphatic rings. The van der Waals surface area contributed by atoms with Crippen LogP contribution in [0.15, 0.2) is 30.3 Å². The molecular weight excluding hydrogens is 346 g/mol. The Kier molecular flexibility index (Phi) is 7.94. The molecule has 1 aromatic rings. The second-order valence-corrected chi connectivity index (χ2v) is 5.15. The van der Waals surface area contributed by atoms with Crippen LogP contribution >= 0.6 is 0 Å². The molecule has 1 heterocycles. The molecule has 1 saturated heterocycles. The van der Waals surface area contributed by atoms with Gasteiger partial charge in [0.15, 0.2) is 6.10 Å². The number of carbonyl (C=O) groups excluding carboxylic acids is 5. The van der Waals surface area contributed by atoms with Crippen LogP contribution in [0.25, 0.3) is 0 Å². The molecule has 2 amide bonds. The van der Waals surface area contributed by atoms with E-state index in [1.807, 2.05) is 18.2 Å². The average Bonchev–Trinajstić information content (AvgIpc) is 2.87. The number of hydroxylamine groups is 2. The Bertz CT molecular complexity index is 669. The van der Waals surface area contributed by atoms with Gasteiger partial charge >= 0.3 is 17.9 Å². The summed E-state index contributed by atoms with van der Waals surface area (Å²) in [5.74, 6) is -2.45. The largest absolute Gasteiger partial charge is 0.451 e. The van der Waals surface area contributed by atoms with Gasteiger partial charge in [-0.05, 0) is 19.1 Å². The lowest BCUT2D eigenvalue weighted by Gasteiger charge is -2.15. The van der Waals surface area contributed by atoms with Crippen LogP contribution in [0.2, 0.25) is 0 Å². The van der Waals surface area contributed by atoms with Crippen molar-refractivity contribution >= 4 is 29.7 Å². The van der Waals surface area contributed by atoms with Crippen LogP contribution in [-0.2, 0) is 33.5 Å². The number of carbonyl (C=O) groups is 5. The fraction of sp³-hybridized carbons (Fsp3) is 0.353. The number of esters is 2. The number of nitrogens with zero attached hydrogens (tertiary/aromatic N) is 1. The van der Waals surface area contributed by atoms with Crippen molar-refractivity contribution in [2.75, 3.05) is 0 Å². The summed E-state index contributed by atoms with van der Waals surface area (Å²) in [4.78, 5) is 58.9. The lowest BCUT2D eigenvalue weighted by Crippen LogP contribution is -2.36. The smallest absolute Gasteiger partial charge is 0.373 e. The highest BCUT2D eigenvalue weighted by Crippen LogP contribution is 2.13. The Morgan fingerprint density at radius 2 is 1.50 bits per heavy atom. The fourth-order valence-corrected chi connectivity index (χ4v) is 1.77. The lowest BCUT2D eigenvalue weighted by atomic mass is 10.3. The number of ether oxygens (including phenoxy) is 2. The van der Waals surface area contributed by atoms with Crippen molar-refractivity contribution in [3.63, 3.8) is 0 Å². The summed E-state index contributed by atoms with van der Waals surface area (Å²) in [5, 5.41) is 0.405. The number of benzene rings is 1. The molecule has 1 fully saturated rings. The van der Waals surface area contributed by atoms with Crippen molar-refractivity contribution in [3.8, 4) is 5.75 Å². The van der Waals surface area contributed by atoms with E-state index in [1.165, 1.54) is 13.8 Å². The summed E-state index contributed by atoms with van der Waals surface area (Å²) >= 11 is 0. The van der Waals surface area contributed by atoms with E-state index < -0.39 is 29.9 Å². The van der Waals surface area contributed by atoms with Gasteiger partial charge < -0.3 is 14.3 Å². The molecule has 0 bridgehead atoms. The monoisotopic (exact) mass is 365 g/mol. The van der Waals surface area contributed by atoms with Gasteiger partial charge in [0.2, 0.25) is 0 Å². The van der Waals surface area contributed by atoms with E-state index in [2.05, 4.69) is 9.57 Å². The van der Waals surface area contributed by atoms with Gasteiger partial charge in [-0.25, -0.2) is 4.79 Å². The van der Waals surface area contributed by atoms with Crippen molar-refractivity contribution in [1.29, 1.82) is 0 Å². The topological polar surface area (TPSA) is 116 Å². The van der Waals surface area contributed by atoms with Gasteiger partial charge in [0.25, 0.3) is 11.8 Å². The molecule has 2 rings (SSSR count). The van der Waals surface area contributed by atoms with E-state index in [9.17, 15) is 24.0 Å². The zero-order chi connectivity index (χ0) is 19.7. The Morgan fingerprint density at radius 3 is 1.96 bits per heavy atom. The molecule has 9 nitrogen and oxygen atoms in total. The zero-order valence-electron chi connectivity index (χ0n) is 14.6. The average molecular weight is 365 g/mol. The highest BCUT2D eigenvalue weighted by Gasteiger charge is 2.34. The Hall–Kier alpha value is -3.23. The maximum absolute atomic E-state index is 11.3. The second kappa shape index (κ2) is 9.92. The zero-order valence-corrected chi connectivity index (χ0v) is 14.6. The van der Waals surface area contributed by atoms with Crippen LogP contribution in [0.3, 0.4) is 0 Å². The number of rotatable bonds is 4. The minimum Gasteiger partial charge on any atom is -0.451 e. The molecule has 140 valence electrons. The molecule has 1 aliphatic heterocycles. The molecule has 0 spiro atoms. The highest BCUT2D eigenvalue weighted by atomic mass is 16.7. The number of hydrogen-bond acceptors (Lipinski definition) is 8. The number of imide groups is 1. The van der Waals surface area contributed by atoms with E-state index in [1.54, 1.807) is 12.1 Å². The molecule has 1 atom stereocenters. The molecule has 0 aliphatic carbocycles. The van der Waals surface area contributed by atoms with Gasteiger partial charge in [0, 0.05) is 26.7 Å². The Balaban J connectivity index is 0.000000289. The van der Waals surface area contributed by atoms with E-state index in [0.29, 0.717) is 10.8 Å². The predicted molar refractivity (Wildman–Crippen MR) is 86.2 cm³/mol. The maximum atomic E-state index is 11.3. The summed E-state index contributed by atoms with van der Waals surface area (Å²) in [6, 6.07) is 8.98. The van der Waals surface area contributed by atoms with Gasteiger partial charge in [0.1, 0.15) is 5.75 Å². The molecule has 1 unspecified atom stereocenters. The quantitative estimate of drug-likeness (QED) is 0.443. The van der Waals surface area contributed by atoms with E-state index in [-0.39, 0.29) is 18.8 Å². The van der Waals surface area contributed by atoms with Crippen LogP contribution in [0.1, 0.15) is 33.6 Å². The van der Waals surface area contributed by atoms with Gasteiger partial charge in [0.05, 0.1) is 0 Å². The summed E-state index contributed by atoms with van der Waals surface area (Å²) in [5.41, 5.74) is 0. The normalized spacial score (nSPS) is 14.0. The minimum atomic E-state index is -1.15. The Labute approximate surface area is 149 Å². The Morgan fingerprint density at radius 1 is 0.962 bits per heavy atom. The molecule has 26 heavy (non-hydrogen) atoms. The predicted octanol–water partition coefficient (Wildman–Crippen LogP) is 1.16. The van der Waals surface area contributed by atoms with Crippen LogP contribution in [0.5, 0.6) is 5.75 Å². The molecule has 9 heteroatoms. The maximum Gasteiger partial charge on any atom is 0.373 e. The van der Waals surface area contributed by atoms with Crippen molar-refractivity contribution in [1.82, 2.24) is 5.06 Å². The van der Waals surface area contributed by atoms with Crippen molar-refractivity contribution in [2.45, 2.75) is 39.7 Å². The van der Waals surface area contributed by atoms with Crippen LogP contribution < -0.4 is 4.74 Å². The third kappa shape index (κ3) is 7.12. The van der Waals surface area contributed by atoms with Crippen LogP contribution in [0, 0.1) is 0 Å². The summed E-state index contributed by atoms with van der Waals surface area (Å²) in [6.07, 6.45) is -1.11. The molecule has 0 radical (unpaired) electrons. The molecule has 1 aromatic carbocycles. The summed E-state index contributed by atoms with van der Waals surface area (Å²) in [6.45, 7) is 3.80. The van der Waals surface area contributed by atoms with E-state index >= 15 is 0 Å². The SMILES string of the molecule is CC(=O)OC(C)C(=O)ON1C(=O)CCC1=O.CC(=O)Oc1ccccc1. The first kappa shape index (κ1) is 20.8. The molecule has 0 N–H and O–H groups in total. The van der Waals surface area contributed by atoms with Gasteiger partial charge in [-0.2, -0.15) is 0 Å². The standard InChI is InChI=1S/C9H11NO6.C8H8O2/c1-5(15-6(2)11)9(14)16-10-7(12)3-4-8(10)13;1-7(9)10-8-5-3-2-4-6-8/h5H,3-4H2,1-2H3;2-6H,1H3. The van der Waals surface area contributed by atoms with E-state index in [0.717, 1.165) is 6.92 Å². The van der Waals surface area contributed by atoms with Crippen molar-refractivity contribution < 1.29 is 38.3 Å². The molecular formula is C17H19NO8. The molecule has 0 aromatic heterocycles. The minimum absolute atomic E-state index is 0.0219. The number of para-hydroxylation sites is 1. The van der Waals surface area contributed by atoms with Crippen molar-refractivity contribution in [3.05, 3.63) is 30.3 Å². The lowest BCUT2D eigenvalue weighted by molar-refractivity contribution is -0.204. The van der Waals surface area contributed by atoms with Crippen LogP contribution in [-0.4, -0.2) is 40.9 Å². The third-order valence-corrected chi connectivity index (χ3v) is 2.87. The van der Waals surface area contributed by atoms with E-state index in [4.69, 9.17) is 4.74 Å². The summed E-state index contributed by atoms with van der Waals surface area (Å²) in [7, 11) is 0. The number of hydrogen-bond donors (Lipinski definition) is 0. The first-order chi connectivity index (χ1) is 12.2. The summed E-state index contributed by atoms with van der Waals surface area (Å²) < 4.78 is 9.31. The first-order valence-electron chi connectivity index (χ1n) is 7.69. The third-order valence-electron chi connectivity index (χ3n) is 2.87. The number of amides is 2. The molecule has 0 saturated carbocycles.